The number of guanidine groups is 1. The van der Waals surface area contributed by atoms with Gasteiger partial charge in [0.15, 0.2) is 5.96 Å². The summed E-state index contributed by atoms with van der Waals surface area (Å²) in [5.41, 5.74) is 1.17. The van der Waals surface area contributed by atoms with Crippen molar-refractivity contribution in [2.75, 3.05) is 32.4 Å². The van der Waals surface area contributed by atoms with E-state index < -0.39 is 10.0 Å². The van der Waals surface area contributed by atoms with Gasteiger partial charge in [-0.2, -0.15) is 0 Å². The second-order valence-corrected chi connectivity index (χ2v) is 7.00. The molecule has 21 heavy (non-hydrogen) atoms. The van der Waals surface area contributed by atoms with Crippen LogP contribution in [-0.4, -0.2) is 51.1 Å². The Morgan fingerprint density at radius 1 is 1.29 bits per heavy atom. The Balaban J connectivity index is 1.73. The van der Waals surface area contributed by atoms with Crippen molar-refractivity contribution < 1.29 is 8.42 Å². The minimum atomic E-state index is -3.01. The smallest absolute Gasteiger partial charge is 0.214 e. The first-order chi connectivity index (χ1) is 10.1. The highest BCUT2D eigenvalue weighted by Crippen LogP contribution is 2.11. The molecule has 1 aliphatic rings. The molecule has 1 aromatic rings. The van der Waals surface area contributed by atoms with E-state index in [0.29, 0.717) is 32.1 Å². The monoisotopic (exact) mass is 310 g/mol. The third-order valence-electron chi connectivity index (χ3n) is 3.38. The number of sulfonamides is 1. The van der Waals surface area contributed by atoms with Gasteiger partial charge in [0.25, 0.3) is 0 Å². The van der Waals surface area contributed by atoms with Gasteiger partial charge in [-0.15, -0.1) is 0 Å². The van der Waals surface area contributed by atoms with Gasteiger partial charge in [-0.05, 0) is 12.0 Å². The van der Waals surface area contributed by atoms with Gasteiger partial charge in [0.1, 0.15) is 0 Å². The van der Waals surface area contributed by atoms with E-state index in [-0.39, 0.29) is 5.75 Å². The van der Waals surface area contributed by atoms with E-state index >= 15 is 0 Å². The first kappa shape index (κ1) is 15.8. The maximum Gasteiger partial charge on any atom is 0.214 e. The summed E-state index contributed by atoms with van der Waals surface area (Å²) in [7, 11) is -1.31. The summed E-state index contributed by atoms with van der Waals surface area (Å²) in [5.74, 6) is 0.948. The van der Waals surface area contributed by atoms with Gasteiger partial charge in [-0.25, -0.2) is 12.7 Å². The van der Waals surface area contributed by atoms with Crippen LogP contribution < -0.4 is 10.6 Å². The first-order valence-corrected chi connectivity index (χ1v) is 8.69. The maximum absolute atomic E-state index is 11.7. The largest absolute Gasteiger partial charge is 0.355 e. The van der Waals surface area contributed by atoms with Gasteiger partial charge in [-0.3, -0.25) is 4.99 Å². The molecule has 1 aliphatic heterocycles. The molecule has 0 bridgehead atoms. The summed E-state index contributed by atoms with van der Waals surface area (Å²) in [6, 6.07) is 10.0. The number of benzene rings is 1. The van der Waals surface area contributed by atoms with Crippen molar-refractivity contribution in [2.24, 2.45) is 4.99 Å². The van der Waals surface area contributed by atoms with Crippen LogP contribution in [0.25, 0.3) is 0 Å². The summed E-state index contributed by atoms with van der Waals surface area (Å²) < 4.78 is 24.9. The van der Waals surface area contributed by atoms with Gasteiger partial charge in [-0.1, -0.05) is 30.3 Å². The minimum absolute atomic E-state index is 0.272. The number of hydrogen-bond donors (Lipinski definition) is 2. The van der Waals surface area contributed by atoms with E-state index in [2.05, 4.69) is 15.6 Å². The zero-order valence-corrected chi connectivity index (χ0v) is 13.1. The average molecular weight is 310 g/mol. The van der Waals surface area contributed by atoms with Crippen LogP contribution in [0, 0.1) is 0 Å². The van der Waals surface area contributed by atoms with Crippen LogP contribution in [0.15, 0.2) is 35.3 Å². The topological polar surface area (TPSA) is 73.8 Å². The van der Waals surface area contributed by atoms with Crippen LogP contribution in [0.1, 0.15) is 12.0 Å². The number of rotatable bonds is 5. The predicted molar refractivity (Wildman–Crippen MR) is 84.6 cm³/mol. The van der Waals surface area contributed by atoms with Crippen molar-refractivity contribution in [2.45, 2.75) is 13.0 Å². The number of hydrogen-bond acceptors (Lipinski definition) is 3. The van der Waals surface area contributed by atoms with Gasteiger partial charge >= 0.3 is 0 Å². The molecule has 0 aromatic heterocycles. The van der Waals surface area contributed by atoms with Crippen LogP contribution in [0.4, 0.5) is 0 Å². The quantitative estimate of drug-likeness (QED) is 0.609. The Morgan fingerprint density at radius 2 is 2.05 bits per heavy atom. The molecule has 7 heteroatoms. The summed E-state index contributed by atoms with van der Waals surface area (Å²) in [6.45, 7) is 2.34. The summed E-state index contributed by atoms with van der Waals surface area (Å²) in [4.78, 5) is 4.13. The lowest BCUT2D eigenvalue weighted by Crippen LogP contribution is -2.41. The molecule has 0 saturated carbocycles. The van der Waals surface area contributed by atoms with Crippen molar-refractivity contribution >= 4 is 16.0 Å². The van der Waals surface area contributed by atoms with E-state index in [1.54, 1.807) is 7.05 Å². The number of aliphatic imine (C=N–C) groups is 1. The zero-order chi connectivity index (χ0) is 15.1. The molecule has 0 amide bonds. The fourth-order valence-corrected chi connectivity index (χ4v) is 3.77. The lowest BCUT2D eigenvalue weighted by molar-refractivity contribution is 0.445. The highest BCUT2D eigenvalue weighted by atomic mass is 32.2. The van der Waals surface area contributed by atoms with Crippen molar-refractivity contribution in [3.63, 3.8) is 0 Å². The van der Waals surface area contributed by atoms with Crippen molar-refractivity contribution in [3.8, 4) is 0 Å². The molecule has 6 nitrogen and oxygen atoms in total. The molecule has 0 radical (unpaired) electrons. The van der Waals surface area contributed by atoms with Crippen LogP contribution in [0.3, 0.4) is 0 Å². The van der Waals surface area contributed by atoms with E-state index in [1.165, 1.54) is 9.87 Å². The second kappa shape index (κ2) is 7.42. The summed E-state index contributed by atoms with van der Waals surface area (Å²) in [6.07, 6.45) is 0.726. The Bertz CT molecular complexity index is 572. The molecular weight excluding hydrogens is 288 g/mol. The van der Waals surface area contributed by atoms with Crippen molar-refractivity contribution in [3.05, 3.63) is 35.9 Å². The Kier molecular flexibility index (Phi) is 5.58. The minimum Gasteiger partial charge on any atom is -0.355 e. The molecule has 2 rings (SSSR count). The Hall–Kier alpha value is -1.60. The summed E-state index contributed by atoms with van der Waals surface area (Å²) >= 11 is 0. The first-order valence-electron chi connectivity index (χ1n) is 7.08. The molecule has 0 spiro atoms. The van der Waals surface area contributed by atoms with Gasteiger partial charge < -0.3 is 10.6 Å². The summed E-state index contributed by atoms with van der Waals surface area (Å²) in [5, 5.41) is 6.34. The number of nitrogens with zero attached hydrogens (tertiary/aromatic N) is 2. The predicted octanol–water partition coefficient (Wildman–Crippen LogP) is 0.387. The normalized spacial score (nSPS) is 18.6. The van der Waals surface area contributed by atoms with Crippen LogP contribution >= 0.6 is 0 Å². The van der Waals surface area contributed by atoms with Crippen LogP contribution in [0.2, 0.25) is 0 Å². The fourth-order valence-electron chi connectivity index (χ4n) is 2.24. The molecule has 1 aromatic carbocycles. The van der Waals surface area contributed by atoms with Gasteiger partial charge in [0.05, 0.1) is 5.75 Å². The zero-order valence-electron chi connectivity index (χ0n) is 12.2. The third kappa shape index (κ3) is 4.71. The van der Waals surface area contributed by atoms with Crippen LogP contribution in [0.5, 0.6) is 0 Å². The van der Waals surface area contributed by atoms with E-state index in [0.717, 1.165) is 6.42 Å². The standard InChI is InChI=1S/C14H22N4O2S/c1-15-14(17-12-13-6-3-2-4-7-13)16-8-10-18-9-5-11-21(18,19)20/h2-4,6-7H,5,8-12H2,1H3,(H2,15,16,17). The number of nitrogens with one attached hydrogen (secondary N) is 2. The van der Waals surface area contributed by atoms with Gasteiger partial charge in [0.2, 0.25) is 10.0 Å². The van der Waals surface area contributed by atoms with Gasteiger partial charge in [0, 0.05) is 33.2 Å². The van der Waals surface area contributed by atoms with Crippen molar-refractivity contribution in [1.29, 1.82) is 0 Å². The molecule has 0 atom stereocenters. The highest BCUT2D eigenvalue weighted by molar-refractivity contribution is 7.89. The molecule has 0 aliphatic carbocycles. The fraction of sp³-hybridized carbons (Fsp3) is 0.500. The van der Waals surface area contributed by atoms with Crippen molar-refractivity contribution in [1.82, 2.24) is 14.9 Å². The third-order valence-corrected chi connectivity index (χ3v) is 5.34. The SMILES string of the molecule is CN=C(NCCN1CCCS1(=O)=O)NCc1ccccc1. The lowest BCUT2D eigenvalue weighted by atomic mass is 10.2. The second-order valence-electron chi connectivity index (χ2n) is 4.91. The van der Waals surface area contributed by atoms with E-state index in [1.807, 2.05) is 30.3 Å². The molecule has 1 saturated heterocycles. The van der Waals surface area contributed by atoms with E-state index in [4.69, 9.17) is 0 Å². The van der Waals surface area contributed by atoms with E-state index in [9.17, 15) is 8.42 Å². The molecule has 0 unspecified atom stereocenters. The Labute approximate surface area is 126 Å². The molecular formula is C14H22N4O2S. The van der Waals surface area contributed by atoms with Crippen LogP contribution in [-0.2, 0) is 16.6 Å². The highest BCUT2D eigenvalue weighted by Gasteiger charge is 2.27. The average Bonchev–Trinajstić information content (AvgIpc) is 2.82. The molecule has 1 heterocycles. The lowest BCUT2D eigenvalue weighted by Gasteiger charge is -2.16. The molecule has 1 fully saturated rings. The molecule has 116 valence electrons. The Morgan fingerprint density at radius 3 is 2.67 bits per heavy atom. The molecule has 2 N–H and O–H groups in total. The maximum atomic E-state index is 11.7.